The molecule has 4 rings (SSSR count). The second kappa shape index (κ2) is 11.4. The summed E-state index contributed by atoms with van der Waals surface area (Å²) in [6.45, 7) is 10.4. The Labute approximate surface area is 224 Å². The van der Waals surface area contributed by atoms with Gasteiger partial charge in [0.1, 0.15) is 29.3 Å². The fraction of sp³-hybridized carbons (Fsp3) is 0.519. The Morgan fingerprint density at radius 2 is 1.92 bits per heavy atom. The van der Waals surface area contributed by atoms with E-state index >= 15 is 0 Å². The van der Waals surface area contributed by atoms with Gasteiger partial charge in [0.25, 0.3) is 5.91 Å². The van der Waals surface area contributed by atoms with Crippen molar-refractivity contribution >= 4 is 17.4 Å². The molecule has 1 aromatic heterocycles. The average Bonchev–Trinajstić information content (AvgIpc) is 3.29. The van der Waals surface area contributed by atoms with Crippen LogP contribution >= 0.6 is 0 Å². The minimum Gasteiger partial charge on any atom is -0.492 e. The van der Waals surface area contributed by atoms with Crippen LogP contribution in [-0.2, 0) is 25.9 Å². The van der Waals surface area contributed by atoms with E-state index in [2.05, 4.69) is 15.1 Å². The summed E-state index contributed by atoms with van der Waals surface area (Å²) in [6, 6.07) is 6.58. The standard InChI is InChI=1S/C27H33F3N4O5/c1-17(2)39-25(36)20-15-34(16-26(3,4)21-22(20)31-32-23(21)27(28,29)30)24(35)18-6-5-7-19(14-18)38-13-10-33-8-11-37-12-9-33/h5-7,14-15,17H,8-13,16H2,1-4H3,(H,31,32). The van der Waals surface area contributed by atoms with Crippen LogP contribution in [0.5, 0.6) is 5.75 Å². The highest BCUT2D eigenvalue weighted by Crippen LogP contribution is 2.42. The zero-order valence-corrected chi connectivity index (χ0v) is 22.4. The average molecular weight is 551 g/mol. The maximum atomic E-state index is 13.9. The lowest BCUT2D eigenvalue weighted by Gasteiger charge is -2.30. The number of aromatic nitrogens is 2. The molecule has 9 nitrogen and oxygen atoms in total. The van der Waals surface area contributed by atoms with Crippen molar-refractivity contribution in [3.8, 4) is 5.75 Å². The number of halogens is 3. The molecule has 0 spiro atoms. The van der Waals surface area contributed by atoms with Gasteiger partial charge >= 0.3 is 12.1 Å². The van der Waals surface area contributed by atoms with Gasteiger partial charge in [-0.3, -0.25) is 14.8 Å². The Balaban J connectivity index is 1.62. The molecule has 0 saturated carbocycles. The Bertz CT molecular complexity index is 1230. The highest BCUT2D eigenvalue weighted by molar-refractivity contribution is 6.17. The van der Waals surface area contributed by atoms with Crippen LogP contribution in [0.3, 0.4) is 0 Å². The first kappa shape index (κ1) is 28.6. The number of benzene rings is 1. The van der Waals surface area contributed by atoms with Crippen molar-refractivity contribution in [2.45, 2.75) is 45.4 Å². The minimum absolute atomic E-state index is 0.137. The van der Waals surface area contributed by atoms with E-state index in [4.69, 9.17) is 14.2 Å². The van der Waals surface area contributed by atoms with Crippen molar-refractivity contribution < 1.29 is 37.0 Å². The third kappa shape index (κ3) is 6.62. The normalized spacial score (nSPS) is 17.8. The fourth-order valence-electron chi connectivity index (χ4n) is 4.73. The highest BCUT2D eigenvalue weighted by Gasteiger charge is 2.46. The molecule has 1 aromatic carbocycles. The zero-order valence-electron chi connectivity index (χ0n) is 22.4. The molecular weight excluding hydrogens is 517 g/mol. The van der Waals surface area contributed by atoms with Gasteiger partial charge < -0.3 is 19.1 Å². The number of esters is 1. The molecule has 1 amide bonds. The van der Waals surface area contributed by atoms with Crippen molar-refractivity contribution in [2.75, 3.05) is 46.0 Å². The van der Waals surface area contributed by atoms with E-state index in [0.29, 0.717) is 32.1 Å². The quantitative estimate of drug-likeness (QED) is 0.523. The molecule has 1 N–H and O–H groups in total. The summed E-state index contributed by atoms with van der Waals surface area (Å²) >= 11 is 0. The molecule has 2 aromatic rings. The second-order valence-corrected chi connectivity index (χ2v) is 10.5. The molecule has 3 heterocycles. The van der Waals surface area contributed by atoms with Gasteiger partial charge in [0.2, 0.25) is 0 Å². The number of nitrogens with one attached hydrogen (secondary N) is 1. The van der Waals surface area contributed by atoms with Crippen molar-refractivity contribution in [3.63, 3.8) is 0 Å². The molecule has 2 aliphatic rings. The lowest BCUT2D eigenvalue weighted by molar-refractivity contribution is -0.142. The maximum Gasteiger partial charge on any atom is 0.433 e. The second-order valence-electron chi connectivity index (χ2n) is 10.5. The summed E-state index contributed by atoms with van der Waals surface area (Å²) in [6.07, 6.45) is -4.04. The third-order valence-corrected chi connectivity index (χ3v) is 6.52. The largest absolute Gasteiger partial charge is 0.492 e. The summed E-state index contributed by atoms with van der Waals surface area (Å²) in [5.74, 6) is -0.888. The number of rotatable bonds is 7. The fourth-order valence-corrected chi connectivity index (χ4v) is 4.73. The molecule has 0 aliphatic carbocycles. The number of amides is 1. The number of alkyl halides is 3. The number of aromatic amines is 1. The van der Waals surface area contributed by atoms with Crippen molar-refractivity contribution in [1.29, 1.82) is 0 Å². The van der Waals surface area contributed by atoms with Crippen molar-refractivity contribution in [3.05, 3.63) is 53.0 Å². The molecule has 1 saturated heterocycles. The van der Waals surface area contributed by atoms with Gasteiger partial charge in [0.15, 0.2) is 0 Å². The van der Waals surface area contributed by atoms with Gasteiger partial charge in [0.05, 0.1) is 19.3 Å². The third-order valence-electron chi connectivity index (χ3n) is 6.52. The molecule has 212 valence electrons. The first-order chi connectivity index (χ1) is 18.4. The van der Waals surface area contributed by atoms with E-state index in [0.717, 1.165) is 13.1 Å². The molecule has 0 bridgehead atoms. The predicted molar refractivity (Wildman–Crippen MR) is 136 cm³/mol. The number of morpholine rings is 1. The van der Waals surface area contributed by atoms with Gasteiger partial charge in [-0.1, -0.05) is 19.9 Å². The number of nitrogens with zero attached hydrogens (tertiary/aromatic N) is 3. The molecule has 1 fully saturated rings. The van der Waals surface area contributed by atoms with Crippen LogP contribution in [0.25, 0.3) is 5.57 Å². The molecule has 39 heavy (non-hydrogen) atoms. The van der Waals surface area contributed by atoms with Crippen LogP contribution < -0.4 is 4.74 Å². The van der Waals surface area contributed by atoms with Gasteiger partial charge in [-0.2, -0.15) is 18.3 Å². The van der Waals surface area contributed by atoms with E-state index in [-0.39, 0.29) is 28.9 Å². The summed E-state index contributed by atoms with van der Waals surface area (Å²) in [4.78, 5) is 30.1. The number of hydrogen-bond acceptors (Lipinski definition) is 7. The SMILES string of the molecule is CC(C)OC(=O)C1=CN(C(=O)c2cccc(OCCN3CCOCC3)c2)CC(C)(C)c2c1n[nH]c2C(F)(F)F. The van der Waals surface area contributed by atoms with Gasteiger partial charge in [-0.15, -0.1) is 0 Å². The molecule has 0 radical (unpaired) electrons. The Morgan fingerprint density at radius 3 is 2.59 bits per heavy atom. The topological polar surface area (TPSA) is 97.0 Å². The van der Waals surface area contributed by atoms with E-state index < -0.39 is 35.3 Å². The molecule has 0 unspecified atom stereocenters. The summed E-state index contributed by atoms with van der Waals surface area (Å²) in [5.41, 5.74) is -2.63. The lowest BCUT2D eigenvalue weighted by Crippen LogP contribution is -2.38. The molecule has 0 atom stereocenters. The van der Waals surface area contributed by atoms with E-state index in [1.54, 1.807) is 52.0 Å². The van der Waals surface area contributed by atoms with Crippen LogP contribution in [0.2, 0.25) is 0 Å². The smallest absolute Gasteiger partial charge is 0.433 e. The maximum absolute atomic E-state index is 13.9. The summed E-state index contributed by atoms with van der Waals surface area (Å²) in [7, 11) is 0. The van der Waals surface area contributed by atoms with Crippen LogP contribution in [0.4, 0.5) is 13.2 Å². The van der Waals surface area contributed by atoms with Crippen LogP contribution in [0.1, 0.15) is 55.0 Å². The van der Waals surface area contributed by atoms with Crippen LogP contribution in [-0.4, -0.2) is 84.0 Å². The predicted octanol–water partition coefficient (Wildman–Crippen LogP) is 3.87. The Morgan fingerprint density at radius 1 is 1.21 bits per heavy atom. The zero-order chi connectivity index (χ0) is 28.4. The summed E-state index contributed by atoms with van der Waals surface area (Å²) in [5, 5.41) is 5.91. The number of carbonyl (C=O) groups is 2. The van der Waals surface area contributed by atoms with E-state index in [1.165, 1.54) is 11.1 Å². The lowest BCUT2D eigenvalue weighted by atomic mass is 9.81. The van der Waals surface area contributed by atoms with E-state index in [9.17, 15) is 22.8 Å². The first-order valence-corrected chi connectivity index (χ1v) is 12.8. The van der Waals surface area contributed by atoms with Gasteiger partial charge in [-0.25, -0.2) is 4.79 Å². The van der Waals surface area contributed by atoms with E-state index in [1.807, 2.05) is 0 Å². The number of hydrogen-bond donors (Lipinski definition) is 1. The van der Waals surface area contributed by atoms with Crippen LogP contribution in [0.15, 0.2) is 30.5 Å². The van der Waals surface area contributed by atoms with Crippen LogP contribution in [0, 0.1) is 0 Å². The number of ether oxygens (including phenoxy) is 3. The first-order valence-electron chi connectivity index (χ1n) is 12.8. The Hall–Kier alpha value is -3.38. The van der Waals surface area contributed by atoms with Crippen molar-refractivity contribution in [1.82, 2.24) is 20.0 Å². The monoisotopic (exact) mass is 550 g/mol. The number of H-pyrrole nitrogens is 1. The molecule has 12 heteroatoms. The molecular formula is C27H33F3N4O5. The van der Waals surface area contributed by atoms with Crippen molar-refractivity contribution in [2.24, 2.45) is 0 Å². The van der Waals surface area contributed by atoms with Gasteiger partial charge in [0, 0.05) is 48.9 Å². The number of fused-ring (bicyclic) bond motifs is 1. The molecule has 2 aliphatic heterocycles. The Kier molecular flexibility index (Phi) is 8.36. The minimum atomic E-state index is -4.74. The number of carbonyl (C=O) groups excluding carboxylic acids is 2. The highest BCUT2D eigenvalue weighted by atomic mass is 19.4. The van der Waals surface area contributed by atoms with Gasteiger partial charge in [-0.05, 0) is 32.0 Å². The summed E-state index contributed by atoms with van der Waals surface area (Å²) < 4.78 is 58.2.